The van der Waals surface area contributed by atoms with Crippen molar-refractivity contribution in [1.82, 2.24) is 0 Å². The Balaban J connectivity index is 2.28. The summed E-state index contributed by atoms with van der Waals surface area (Å²) >= 11 is 0. The molecule has 2 rings (SSSR count). The van der Waals surface area contributed by atoms with Gasteiger partial charge in [0.25, 0.3) is 0 Å². The fourth-order valence-electron chi connectivity index (χ4n) is 2.36. The molecule has 0 heterocycles. The van der Waals surface area contributed by atoms with E-state index in [1.807, 2.05) is 0 Å². The second-order valence-electron chi connectivity index (χ2n) is 4.34. The first kappa shape index (κ1) is 9.45. The number of carbonyl (C=O) groups excluding carboxylic acids is 1. The molecule has 0 radical (unpaired) electrons. The largest absolute Gasteiger partial charge is 0.300 e. The summed E-state index contributed by atoms with van der Waals surface area (Å²) in [5.74, 6) is 0.915. The van der Waals surface area contributed by atoms with Crippen molar-refractivity contribution in [3.05, 3.63) is 34.9 Å². The predicted octanol–water partition coefficient (Wildman–Crippen LogP) is 3.14. The fourth-order valence-corrected chi connectivity index (χ4v) is 2.36. The Labute approximate surface area is 85.1 Å². The molecule has 1 unspecified atom stereocenters. The van der Waals surface area contributed by atoms with Crippen LogP contribution in [0.2, 0.25) is 0 Å². The molecule has 1 atom stereocenters. The van der Waals surface area contributed by atoms with Crippen LogP contribution in [0.1, 0.15) is 41.9 Å². The van der Waals surface area contributed by atoms with Gasteiger partial charge in [-0.15, -0.1) is 0 Å². The summed E-state index contributed by atoms with van der Waals surface area (Å²) in [4.78, 5) is 11.2. The standard InChI is InChI=1S/C13H16O/c1-9-3-6-13(10(2)7-9)11-4-5-12(14)8-11/h3,6-7,11H,4-5,8H2,1-2H3. The highest BCUT2D eigenvalue weighted by Gasteiger charge is 2.24. The highest BCUT2D eigenvalue weighted by atomic mass is 16.1. The van der Waals surface area contributed by atoms with Gasteiger partial charge in [-0.2, -0.15) is 0 Å². The minimum atomic E-state index is 0.426. The van der Waals surface area contributed by atoms with E-state index in [9.17, 15) is 4.79 Å². The maximum absolute atomic E-state index is 11.2. The number of ketones is 1. The second kappa shape index (κ2) is 3.56. The molecule has 1 nitrogen and oxygen atoms in total. The third-order valence-electron chi connectivity index (χ3n) is 3.11. The monoisotopic (exact) mass is 188 g/mol. The van der Waals surface area contributed by atoms with E-state index in [0.29, 0.717) is 11.7 Å². The summed E-state index contributed by atoms with van der Waals surface area (Å²) < 4.78 is 0. The van der Waals surface area contributed by atoms with Gasteiger partial charge in [0, 0.05) is 12.8 Å². The Kier molecular flexibility index (Phi) is 2.40. The third-order valence-corrected chi connectivity index (χ3v) is 3.11. The number of carbonyl (C=O) groups is 1. The molecule has 0 aliphatic heterocycles. The van der Waals surface area contributed by atoms with Gasteiger partial charge in [-0.1, -0.05) is 23.8 Å². The lowest BCUT2D eigenvalue weighted by atomic mass is 9.92. The van der Waals surface area contributed by atoms with Gasteiger partial charge < -0.3 is 0 Å². The van der Waals surface area contributed by atoms with Crippen LogP contribution in [0, 0.1) is 13.8 Å². The average Bonchev–Trinajstić information content (AvgIpc) is 2.51. The van der Waals surface area contributed by atoms with Gasteiger partial charge in [-0.05, 0) is 37.3 Å². The molecule has 1 aromatic carbocycles. The summed E-state index contributed by atoms with van der Waals surface area (Å²) in [6.45, 7) is 4.25. The summed E-state index contributed by atoms with van der Waals surface area (Å²) in [5.41, 5.74) is 4.02. The number of hydrogen-bond donors (Lipinski definition) is 0. The van der Waals surface area contributed by atoms with E-state index in [4.69, 9.17) is 0 Å². The molecule has 1 aliphatic rings. The molecular weight excluding hydrogens is 172 g/mol. The molecule has 1 aromatic rings. The van der Waals surface area contributed by atoms with Crippen LogP contribution in [0.15, 0.2) is 18.2 Å². The normalized spacial score (nSPS) is 21.6. The van der Waals surface area contributed by atoms with E-state index in [1.165, 1.54) is 16.7 Å². The minimum absolute atomic E-state index is 0.426. The van der Waals surface area contributed by atoms with Crippen molar-refractivity contribution >= 4 is 5.78 Å². The van der Waals surface area contributed by atoms with Crippen LogP contribution >= 0.6 is 0 Å². The zero-order valence-electron chi connectivity index (χ0n) is 8.84. The van der Waals surface area contributed by atoms with E-state index in [1.54, 1.807) is 0 Å². The van der Waals surface area contributed by atoms with Crippen molar-refractivity contribution < 1.29 is 4.79 Å². The second-order valence-corrected chi connectivity index (χ2v) is 4.34. The number of hydrogen-bond acceptors (Lipinski definition) is 1. The zero-order chi connectivity index (χ0) is 10.1. The van der Waals surface area contributed by atoms with Crippen molar-refractivity contribution in [3.8, 4) is 0 Å². The van der Waals surface area contributed by atoms with Crippen molar-refractivity contribution in [2.45, 2.75) is 39.0 Å². The van der Waals surface area contributed by atoms with Crippen LogP contribution in [-0.4, -0.2) is 5.78 Å². The average molecular weight is 188 g/mol. The molecular formula is C13H16O. The van der Waals surface area contributed by atoms with Crippen LogP contribution in [0.5, 0.6) is 0 Å². The zero-order valence-corrected chi connectivity index (χ0v) is 8.84. The smallest absolute Gasteiger partial charge is 0.133 e. The molecule has 1 aliphatic carbocycles. The van der Waals surface area contributed by atoms with Crippen LogP contribution in [-0.2, 0) is 4.79 Å². The molecule has 0 aromatic heterocycles. The highest BCUT2D eigenvalue weighted by molar-refractivity contribution is 5.81. The first-order chi connectivity index (χ1) is 6.66. The van der Waals surface area contributed by atoms with Crippen LogP contribution < -0.4 is 0 Å². The highest BCUT2D eigenvalue weighted by Crippen LogP contribution is 2.33. The van der Waals surface area contributed by atoms with Gasteiger partial charge in [0.1, 0.15) is 5.78 Å². The number of aryl methyl sites for hydroxylation is 2. The number of Topliss-reactive ketones (excluding diaryl/α,β-unsaturated/α-hetero) is 1. The first-order valence-electron chi connectivity index (χ1n) is 5.25. The Morgan fingerprint density at radius 1 is 1.29 bits per heavy atom. The maximum Gasteiger partial charge on any atom is 0.133 e. The topological polar surface area (TPSA) is 17.1 Å². The summed E-state index contributed by atoms with van der Waals surface area (Å²) in [6.07, 6.45) is 2.57. The van der Waals surface area contributed by atoms with Gasteiger partial charge in [0.15, 0.2) is 0 Å². The van der Waals surface area contributed by atoms with Crippen LogP contribution in [0.3, 0.4) is 0 Å². The Morgan fingerprint density at radius 2 is 2.07 bits per heavy atom. The SMILES string of the molecule is Cc1ccc(C2CCC(=O)C2)c(C)c1. The fraction of sp³-hybridized carbons (Fsp3) is 0.462. The molecule has 1 heteroatoms. The third kappa shape index (κ3) is 1.72. The molecule has 0 amide bonds. The Morgan fingerprint density at radius 3 is 2.64 bits per heavy atom. The lowest BCUT2D eigenvalue weighted by Crippen LogP contribution is -1.97. The lowest BCUT2D eigenvalue weighted by molar-refractivity contribution is -0.117. The summed E-state index contributed by atoms with van der Waals surface area (Å²) in [6, 6.07) is 6.54. The van der Waals surface area contributed by atoms with Gasteiger partial charge in [-0.3, -0.25) is 4.79 Å². The molecule has 74 valence electrons. The van der Waals surface area contributed by atoms with Gasteiger partial charge in [-0.25, -0.2) is 0 Å². The van der Waals surface area contributed by atoms with Crippen molar-refractivity contribution in [3.63, 3.8) is 0 Å². The summed E-state index contributed by atoms with van der Waals surface area (Å²) in [7, 11) is 0. The molecule has 0 bridgehead atoms. The molecule has 0 saturated heterocycles. The first-order valence-corrected chi connectivity index (χ1v) is 5.25. The predicted molar refractivity (Wildman–Crippen MR) is 57.5 cm³/mol. The van der Waals surface area contributed by atoms with E-state index < -0.39 is 0 Å². The van der Waals surface area contributed by atoms with E-state index >= 15 is 0 Å². The molecule has 0 spiro atoms. The van der Waals surface area contributed by atoms with Gasteiger partial charge in [0.2, 0.25) is 0 Å². The van der Waals surface area contributed by atoms with Crippen molar-refractivity contribution in [2.75, 3.05) is 0 Å². The maximum atomic E-state index is 11.2. The van der Waals surface area contributed by atoms with E-state index in [-0.39, 0.29) is 0 Å². The Hall–Kier alpha value is -1.11. The van der Waals surface area contributed by atoms with E-state index in [0.717, 1.165) is 19.3 Å². The molecule has 1 fully saturated rings. The van der Waals surface area contributed by atoms with Gasteiger partial charge in [0.05, 0.1) is 0 Å². The van der Waals surface area contributed by atoms with Crippen LogP contribution in [0.25, 0.3) is 0 Å². The summed E-state index contributed by atoms with van der Waals surface area (Å²) in [5, 5.41) is 0. The van der Waals surface area contributed by atoms with Crippen molar-refractivity contribution in [2.24, 2.45) is 0 Å². The lowest BCUT2D eigenvalue weighted by Gasteiger charge is -2.12. The minimum Gasteiger partial charge on any atom is -0.300 e. The van der Waals surface area contributed by atoms with Gasteiger partial charge >= 0.3 is 0 Å². The molecule has 14 heavy (non-hydrogen) atoms. The quantitative estimate of drug-likeness (QED) is 0.661. The van der Waals surface area contributed by atoms with Crippen molar-refractivity contribution in [1.29, 1.82) is 0 Å². The molecule has 1 saturated carbocycles. The number of benzene rings is 1. The number of rotatable bonds is 1. The van der Waals surface area contributed by atoms with E-state index in [2.05, 4.69) is 32.0 Å². The van der Waals surface area contributed by atoms with Crippen LogP contribution in [0.4, 0.5) is 0 Å². The Bertz CT molecular complexity index is 365. The molecule has 0 N–H and O–H groups in total.